The average Bonchev–Trinajstić information content (AvgIpc) is 2.45. The van der Waals surface area contributed by atoms with Crippen molar-refractivity contribution in [1.82, 2.24) is 4.31 Å². The van der Waals surface area contributed by atoms with Gasteiger partial charge in [0.05, 0.1) is 0 Å². The van der Waals surface area contributed by atoms with E-state index in [1.807, 2.05) is 0 Å². The molecular formula is C9H11F6NO6S2. The first-order chi connectivity index (χ1) is 10.5. The van der Waals surface area contributed by atoms with E-state index in [9.17, 15) is 48.0 Å². The van der Waals surface area contributed by atoms with Crippen LogP contribution >= 0.6 is 0 Å². The van der Waals surface area contributed by atoms with Gasteiger partial charge in [-0.1, -0.05) is 0 Å². The van der Waals surface area contributed by atoms with Gasteiger partial charge in [-0.25, -0.2) is 8.42 Å². The minimum atomic E-state index is -7.04. The molecule has 1 saturated heterocycles. The first kappa shape index (κ1) is 21.1. The summed E-state index contributed by atoms with van der Waals surface area (Å²) in [6.07, 6.45) is -0.221. The fourth-order valence-corrected chi connectivity index (χ4v) is 3.89. The molecule has 1 N–H and O–H groups in total. The molecule has 0 aromatic rings. The molecule has 0 aromatic carbocycles. The lowest BCUT2D eigenvalue weighted by Crippen LogP contribution is -2.63. The van der Waals surface area contributed by atoms with Crippen molar-refractivity contribution in [2.45, 2.75) is 29.3 Å². The molecular weight excluding hydrogens is 396 g/mol. The van der Waals surface area contributed by atoms with Crippen molar-refractivity contribution in [3.05, 3.63) is 0 Å². The minimum Gasteiger partial charge on any atom is -0.303 e. The summed E-state index contributed by atoms with van der Waals surface area (Å²) in [7, 11) is -13.5. The van der Waals surface area contributed by atoms with Crippen molar-refractivity contribution in [1.29, 1.82) is 0 Å². The van der Waals surface area contributed by atoms with Gasteiger partial charge in [0.15, 0.2) is 0 Å². The Morgan fingerprint density at radius 3 is 1.67 bits per heavy atom. The van der Waals surface area contributed by atoms with E-state index < -0.39 is 55.6 Å². The van der Waals surface area contributed by atoms with Crippen molar-refractivity contribution < 1.29 is 52.5 Å². The van der Waals surface area contributed by atoms with Gasteiger partial charge in [-0.05, 0) is 12.8 Å². The van der Waals surface area contributed by atoms with Gasteiger partial charge in [0.25, 0.3) is 10.0 Å². The van der Waals surface area contributed by atoms with E-state index in [-0.39, 0.29) is 17.1 Å². The Bertz CT molecular complexity index is 698. The smallest absolute Gasteiger partial charge is 0.303 e. The average molecular weight is 407 g/mol. The van der Waals surface area contributed by atoms with E-state index in [1.54, 1.807) is 0 Å². The summed E-state index contributed by atoms with van der Waals surface area (Å²) < 4.78 is 132. The van der Waals surface area contributed by atoms with Gasteiger partial charge in [-0.15, -0.1) is 0 Å². The fourth-order valence-electron chi connectivity index (χ4n) is 1.91. The largest absolute Gasteiger partial charge is 0.439 e. The lowest BCUT2D eigenvalue weighted by atomic mass is 10.0. The van der Waals surface area contributed by atoms with Crippen molar-refractivity contribution in [2.24, 2.45) is 5.92 Å². The number of hydrogen-bond donors (Lipinski definition) is 1. The monoisotopic (exact) mass is 407 g/mol. The standard InChI is InChI=1S/C9H11F6NO6S2/c10-7(11,9(14,15)24(20,21)22)8(12,13)23(18,19)16-3-1-6(5-17)2-4-16/h5-6H,1-4H2,(H,20,21,22). The number of carbonyl (C=O) groups is 1. The quantitative estimate of drug-likeness (QED) is 0.399. The molecule has 15 heteroatoms. The van der Waals surface area contributed by atoms with E-state index in [4.69, 9.17) is 4.55 Å². The number of nitrogens with zero attached hydrogens (tertiary/aromatic N) is 1. The van der Waals surface area contributed by atoms with Crippen molar-refractivity contribution in [2.75, 3.05) is 13.1 Å². The zero-order valence-corrected chi connectivity index (χ0v) is 13.1. The Hall–Kier alpha value is -0.930. The Kier molecular flexibility index (Phi) is 5.37. The molecule has 0 bridgehead atoms. The van der Waals surface area contributed by atoms with Crippen LogP contribution in [0.3, 0.4) is 0 Å². The van der Waals surface area contributed by atoms with Gasteiger partial charge >= 0.3 is 26.5 Å². The molecule has 1 aliphatic heterocycles. The van der Waals surface area contributed by atoms with Crippen molar-refractivity contribution >= 4 is 26.4 Å². The zero-order valence-electron chi connectivity index (χ0n) is 11.5. The van der Waals surface area contributed by atoms with E-state index >= 15 is 0 Å². The SMILES string of the molecule is O=CC1CCN(S(=O)(=O)C(F)(F)C(F)(F)C(F)(F)S(=O)(=O)O)CC1. The number of hydrogen-bond acceptors (Lipinski definition) is 5. The maximum atomic E-state index is 13.7. The van der Waals surface area contributed by atoms with Crippen LogP contribution in [0.4, 0.5) is 26.3 Å². The van der Waals surface area contributed by atoms with Crippen molar-refractivity contribution in [3.63, 3.8) is 0 Å². The van der Waals surface area contributed by atoms with Crippen LogP contribution in [0.5, 0.6) is 0 Å². The number of sulfonamides is 1. The summed E-state index contributed by atoms with van der Waals surface area (Å²) in [5.74, 6) is -7.67. The third-order valence-corrected chi connectivity index (χ3v) is 6.26. The van der Waals surface area contributed by atoms with E-state index in [0.717, 1.165) is 0 Å². The summed E-state index contributed by atoms with van der Waals surface area (Å²) >= 11 is 0. The zero-order chi connectivity index (χ0) is 19.2. The Labute approximate surface area is 132 Å². The Balaban J connectivity index is 3.29. The minimum absolute atomic E-state index is 0.235. The molecule has 0 unspecified atom stereocenters. The van der Waals surface area contributed by atoms with Gasteiger partial charge in [0.2, 0.25) is 0 Å². The van der Waals surface area contributed by atoms with Gasteiger partial charge < -0.3 is 4.79 Å². The lowest BCUT2D eigenvalue weighted by Gasteiger charge is -2.35. The molecule has 1 aliphatic rings. The predicted molar refractivity (Wildman–Crippen MR) is 65.7 cm³/mol. The normalized spacial score (nSPS) is 20.1. The second-order valence-electron chi connectivity index (χ2n) is 4.96. The van der Waals surface area contributed by atoms with E-state index in [0.29, 0.717) is 6.29 Å². The molecule has 0 amide bonds. The Morgan fingerprint density at radius 2 is 1.33 bits per heavy atom. The number of halogens is 6. The van der Waals surface area contributed by atoms with Crippen molar-refractivity contribution in [3.8, 4) is 0 Å². The molecule has 1 rings (SSSR count). The second-order valence-corrected chi connectivity index (χ2v) is 8.40. The van der Waals surface area contributed by atoms with Crippen LogP contribution in [0, 0.1) is 5.92 Å². The number of carbonyl (C=O) groups excluding carboxylic acids is 1. The maximum Gasteiger partial charge on any atom is 0.439 e. The molecule has 7 nitrogen and oxygen atoms in total. The maximum absolute atomic E-state index is 13.7. The van der Waals surface area contributed by atoms with Gasteiger partial charge in [-0.2, -0.15) is 39.1 Å². The summed E-state index contributed by atoms with van der Waals surface area (Å²) in [5, 5.41) is -13.3. The van der Waals surface area contributed by atoms with Gasteiger partial charge in [0, 0.05) is 19.0 Å². The molecule has 142 valence electrons. The highest BCUT2D eigenvalue weighted by molar-refractivity contribution is 7.90. The topological polar surface area (TPSA) is 109 Å². The molecule has 0 aromatic heterocycles. The number of alkyl halides is 6. The summed E-state index contributed by atoms with van der Waals surface area (Å²) in [5.41, 5.74) is 0. The summed E-state index contributed by atoms with van der Waals surface area (Å²) in [6, 6.07) is 0. The highest BCUT2D eigenvalue weighted by atomic mass is 32.2. The summed E-state index contributed by atoms with van der Waals surface area (Å²) in [4.78, 5) is 10.5. The first-order valence-electron chi connectivity index (χ1n) is 6.09. The molecule has 0 saturated carbocycles. The molecule has 1 heterocycles. The van der Waals surface area contributed by atoms with Crippen LogP contribution in [0.25, 0.3) is 0 Å². The fraction of sp³-hybridized carbons (Fsp3) is 0.889. The van der Waals surface area contributed by atoms with Gasteiger partial charge in [-0.3, -0.25) is 4.55 Å². The van der Waals surface area contributed by atoms with Crippen LogP contribution in [-0.4, -0.2) is 61.5 Å². The summed E-state index contributed by atoms with van der Waals surface area (Å²) in [6.45, 7) is -1.65. The third-order valence-electron chi connectivity index (χ3n) is 3.41. The number of piperidine rings is 1. The first-order valence-corrected chi connectivity index (χ1v) is 8.97. The molecule has 1 fully saturated rings. The van der Waals surface area contributed by atoms with Crippen LogP contribution in [0.1, 0.15) is 12.8 Å². The second kappa shape index (κ2) is 6.10. The van der Waals surface area contributed by atoms with Crippen LogP contribution < -0.4 is 0 Å². The van der Waals surface area contributed by atoms with Crippen LogP contribution in [0.2, 0.25) is 0 Å². The van der Waals surface area contributed by atoms with Gasteiger partial charge in [0.1, 0.15) is 6.29 Å². The number of rotatable bonds is 6. The highest BCUT2D eigenvalue weighted by Crippen LogP contribution is 2.51. The molecule has 24 heavy (non-hydrogen) atoms. The highest BCUT2D eigenvalue weighted by Gasteiger charge is 2.82. The number of aldehydes is 1. The Morgan fingerprint density at radius 1 is 0.917 bits per heavy atom. The van der Waals surface area contributed by atoms with Crippen LogP contribution in [0.15, 0.2) is 0 Å². The third kappa shape index (κ3) is 3.01. The molecule has 0 spiro atoms. The molecule has 0 radical (unpaired) electrons. The van der Waals surface area contributed by atoms with Crippen LogP contribution in [-0.2, 0) is 24.9 Å². The predicted octanol–water partition coefficient (Wildman–Crippen LogP) is 0.936. The molecule has 0 atom stereocenters. The molecule has 0 aliphatic carbocycles. The van der Waals surface area contributed by atoms with E-state index in [2.05, 4.69) is 0 Å². The van der Waals surface area contributed by atoms with E-state index in [1.165, 1.54) is 0 Å². The lowest BCUT2D eigenvalue weighted by molar-refractivity contribution is -0.247.